The largest absolute Gasteiger partial charge is 0.370 e. The Morgan fingerprint density at radius 1 is 1.30 bits per heavy atom. The van der Waals surface area contributed by atoms with E-state index in [2.05, 4.69) is 27.1 Å². The molecule has 2 aromatic rings. The summed E-state index contributed by atoms with van der Waals surface area (Å²) in [5.74, 6) is 0.315. The molecule has 1 amide bonds. The van der Waals surface area contributed by atoms with E-state index in [1.54, 1.807) is 24.5 Å². The van der Waals surface area contributed by atoms with Crippen molar-refractivity contribution in [1.82, 2.24) is 10.6 Å². The van der Waals surface area contributed by atoms with Gasteiger partial charge in [0.05, 0.1) is 6.54 Å². The Bertz CT molecular complexity index is 643. The van der Waals surface area contributed by atoms with Gasteiger partial charge in [0.2, 0.25) is 0 Å². The maximum Gasteiger partial charge on any atom is 0.251 e. The van der Waals surface area contributed by atoms with Crippen LogP contribution in [0.4, 0.5) is 0 Å². The molecule has 0 spiro atoms. The Hall–Kier alpha value is -1.61. The quantitative estimate of drug-likeness (QED) is 0.364. The van der Waals surface area contributed by atoms with Crippen molar-refractivity contribution in [3.05, 3.63) is 57.8 Å². The fraction of sp³-hybridized carbons (Fsp3) is 0.250. The van der Waals surface area contributed by atoms with E-state index in [1.807, 2.05) is 24.3 Å². The molecule has 0 atom stereocenters. The zero-order chi connectivity index (χ0) is 15.8. The first-order chi connectivity index (χ1) is 10.7. The summed E-state index contributed by atoms with van der Waals surface area (Å²) in [6.07, 6.45) is 0.931. The van der Waals surface area contributed by atoms with E-state index in [-0.39, 0.29) is 29.9 Å². The fourth-order valence-electron chi connectivity index (χ4n) is 1.96. The molecule has 0 aliphatic rings. The van der Waals surface area contributed by atoms with Gasteiger partial charge >= 0.3 is 0 Å². The van der Waals surface area contributed by atoms with Crippen LogP contribution < -0.4 is 16.4 Å². The third kappa shape index (κ3) is 6.57. The van der Waals surface area contributed by atoms with Gasteiger partial charge in [-0.25, -0.2) is 4.99 Å². The van der Waals surface area contributed by atoms with Crippen LogP contribution in [-0.4, -0.2) is 25.5 Å². The Labute approximate surface area is 157 Å². The number of hydrogen-bond donors (Lipinski definition) is 3. The van der Waals surface area contributed by atoms with Gasteiger partial charge in [-0.1, -0.05) is 18.2 Å². The van der Waals surface area contributed by atoms with Gasteiger partial charge in [-0.15, -0.1) is 35.3 Å². The van der Waals surface area contributed by atoms with E-state index >= 15 is 0 Å². The average Bonchev–Trinajstić information content (AvgIpc) is 3.06. The zero-order valence-electron chi connectivity index (χ0n) is 12.9. The molecule has 0 radical (unpaired) electrons. The molecule has 2 rings (SSSR count). The number of rotatable bonds is 6. The van der Waals surface area contributed by atoms with Crippen LogP contribution in [0.1, 0.15) is 20.8 Å². The molecule has 0 saturated heterocycles. The lowest BCUT2D eigenvalue weighted by atomic mass is 10.1. The Morgan fingerprint density at radius 3 is 2.83 bits per heavy atom. The minimum atomic E-state index is -0.104. The Kier molecular flexibility index (Phi) is 8.64. The van der Waals surface area contributed by atoms with Crippen molar-refractivity contribution in [1.29, 1.82) is 0 Å². The van der Waals surface area contributed by atoms with Gasteiger partial charge < -0.3 is 16.4 Å². The van der Waals surface area contributed by atoms with Crippen LogP contribution in [0.15, 0.2) is 46.8 Å². The number of benzene rings is 1. The molecule has 124 valence electrons. The zero-order valence-corrected chi connectivity index (χ0v) is 16.1. The lowest BCUT2D eigenvalue weighted by Gasteiger charge is -2.05. The minimum Gasteiger partial charge on any atom is -0.370 e. The van der Waals surface area contributed by atoms with Crippen LogP contribution in [-0.2, 0) is 13.0 Å². The van der Waals surface area contributed by atoms with Gasteiger partial charge in [0.25, 0.3) is 5.91 Å². The third-order valence-corrected chi connectivity index (χ3v) is 4.04. The number of halogens is 1. The lowest BCUT2D eigenvalue weighted by Crippen LogP contribution is -2.33. The third-order valence-electron chi connectivity index (χ3n) is 3.11. The summed E-state index contributed by atoms with van der Waals surface area (Å²) < 4.78 is 0. The van der Waals surface area contributed by atoms with Crippen molar-refractivity contribution in [3.8, 4) is 0 Å². The predicted molar refractivity (Wildman–Crippen MR) is 107 cm³/mol. The highest BCUT2D eigenvalue weighted by Gasteiger charge is 2.03. The molecular formula is C16H21IN4OS. The van der Waals surface area contributed by atoms with Crippen LogP contribution in [0.5, 0.6) is 0 Å². The highest BCUT2D eigenvalue weighted by molar-refractivity contribution is 14.0. The van der Waals surface area contributed by atoms with Crippen molar-refractivity contribution >= 4 is 47.2 Å². The van der Waals surface area contributed by atoms with Crippen LogP contribution in [0, 0.1) is 0 Å². The van der Waals surface area contributed by atoms with E-state index in [0.717, 1.165) is 18.5 Å². The second kappa shape index (κ2) is 10.2. The van der Waals surface area contributed by atoms with E-state index in [1.165, 1.54) is 4.88 Å². The SMILES string of the molecule is CNC(=O)c1cccc(CN=C(N)NCCc2cccs2)c1.I. The molecular weight excluding hydrogens is 423 g/mol. The van der Waals surface area contributed by atoms with Crippen LogP contribution in [0.25, 0.3) is 0 Å². The second-order valence-corrected chi connectivity index (χ2v) is 5.77. The summed E-state index contributed by atoms with van der Waals surface area (Å²) in [5, 5.41) is 7.76. The summed E-state index contributed by atoms with van der Waals surface area (Å²) in [4.78, 5) is 17.2. The number of amides is 1. The van der Waals surface area contributed by atoms with Crippen molar-refractivity contribution in [2.75, 3.05) is 13.6 Å². The monoisotopic (exact) mass is 444 g/mol. The van der Waals surface area contributed by atoms with E-state index in [0.29, 0.717) is 18.1 Å². The molecule has 1 aromatic heterocycles. The molecule has 0 bridgehead atoms. The average molecular weight is 444 g/mol. The topological polar surface area (TPSA) is 79.5 Å². The summed E-state index contributed by atoms with van der Waals surface area (Å²) >= 11 is 1.73. The molecule has 0 aliphatic carbocycles. The van der Waals surface area contributed by atoms with E-state index in [9.17, 15) is 4.79 Å². The smallest absolute Gasteiger partial charge is 0.251 e. The first-order valence-corrected chi connectivity index (χ1v) is 7.94. The van der Waals surface area contributed by atoms with Gasteiger partial charge in [-0.2, -0.15) is 0 Å². The van der Waals surface area contributed by atoms with Gasteiger partial charge in [0, 0.05) is 24.0 Å². The van der Waals surface area contributed by atoms with Gasteiger partial charge in [0.1, 0.15) is 0 Å². The highest BCUT2D eigenvalue weighted by Crippen LogP contribution is 2.08. The number of nitrogens with one attached hydrogen (secondary N) is 2. The fourth-order valence-corrected chi connectivity index (χ4v) is 2.67. The molecule has 0 aliphatic heterocycles. The van der Waals surface area contributed by atoms with Gasteiger partial charge in [-0.05, 0) is 35.6 Å². The molecule has 0 fully saturated rings. The standard InChI is InChI=1S/C16H20N4OS.HI/c1-18-15(21)13-5-2-4-12(10-13)11-20-16(17)19-8-7-14-6-3-9-22-14;/h2-6,9-10H,7-8,11H2,1H3,(H,18,21)(H3,17,19,20);1H. The normalized spacial score (nSPS) is 10.7. The number of nitrogens with two attached hydrogens (primary N) is 1. The number of aliphatic imine (C=N–C) groups is 1. The van der Waals surface area contributed by atoms with Crippen molar-refractivity contribution in [2.45, 2.75) is 13.0 Å². The number of carbonyl (C=O) groups is 1. The number of carbonyl (C=O) groups excluding carboxylic acids is 1. The Balaban J connectivity index is 0.00000264. The highest BCUT2D eigenvalue weighted by atomic mass is 127. The number of hydrogen-bond acceptors (Lipinski definition) is 3. The first-order valence-electron chi connectivity index (χ1n) is 7.06. The Morgan fingerprint density at radius 2 is 2.13 bits per heavy atom. The molecule has 7 heteroatoms. The van der Waals surface area contributed by atoms with Crippen molar-refractivity contribution in [3.63, 3.8) is 0 Å². The van der Waals surface area contributed by atoms with Crippen LogP contribution >= 0.6 is 35.3 Å². The minimum absolute atomic E-state index is 0. The van der Waals surface area contributed by atoms with Crippen LogP contribution in [0.3, 0.4) is 0 Å². The van der Waals surface area contributed by atoms with Crippen molar-refractivity contribution < 1.29 is 4.79 Å². The molecule has 0 unspecified atom stereocenters. The maximum absolute atomic E-state index is 11.6. The van der Waals surface area contributed by atoms with Gasteiger partial charge in [0.15, 0.2) is 5.96 Å². The summed E-state index contributed by atoms with van der Waals surface area (Å²) in [7, 11) is 1.61. The molecule has 4 N–H and O–H groups in total. The summed E-state index contributed by atoms with van der Waals surface area (Å²) in [6.45, 7) is 1.21. The summed E-state index contributed by atoms with van der Waals surface area (Å²) in [6, 6.07) is 11.5. The predicted octanol–water partition coefficient (Wildman–Crippen LogP) is 2.37. The first kappa shape index (κ1) is 19.4. The van der Waals surface area contributed by atoms with E-state index < -0.39 is 0 Å². The second-order valence-electron chi connectivity index (χ2n) is 4.74. The molecule has 5 nitrogen and oxygen atoms in total. The van der Waals surface area contributed by atoms with E-state index in [4.69, 9.17) is 5.73 Å². The molecule has 1 aromatic carbocycles. The number of thiophene rings is 1. The van der Waals surface area contributed by atoms with Crippen LogP contribution in [0.2, 0.25) is 0 Å². The molecule has 0 saturated carbocycles. The van der Waals surface area contributed by atoms with Gasteiger partial charge in [-0.3, -0.25) is 4.79 Å². The number of nitrogens with zero attached hydrogens (tertiary/aromatic N) is 1. The molecule has 23 heavy (non-hydrogen) atoms. The lowest BCUT2D eigenvalue weighted by molar-refractivity contribution is 0.0963. The summed E-state index contributed by atoms with van der Waals surface area (Å²) in [5.41, 5.74) is 7.42. The molecule has 1 heterocycles. The van der Waals surface area contributed by atoms with Crippen molar-refractivity contribution in [2.24, 2.45) is 10.7 Å². The number of guanidine groups is 1. The maximum atomic E-state index is 11.6.